The molecule has 13 heavy (non-hydrogen) atoms. The van der Waals surface area contributed by atoms with Gasteiger partial charge in [0.2, 0.25) is 3.77 Å². The summed E-state index contributed by atoms with van der Waals surface area (Å²) in [7, 11) is 0. The Kier molecular flexibility index (Phi) is 4.03. The maximum Gasteiger partial charge on any atom is 0.209 e. The van der Waals surface area contributed by atoms with Crippen molar-refractivity contribution < 1.29 is 4.52 Å². The molecule has 0 spiro atoms. The third-order valence-corrected chi connectivity index (χ3v) is 4.88. The predicted molar refractivity (Wildman–Crippen MR) is 69.9 cm³/mol. The average molecular weight is 405 g/mol. The third kappa shape index (κ3) is 2.57. The van der Waals surface area contributed by atoms with E-state index in [1.807, 2.05) is 0 Å². The fourth-order valence-electron chi connectivity index (χ4n) is 1.42. The first-order valence-corrected chi connectivity index (χ1v) is 6.46. The van der Waals surface area contributed by atoms with Gasteiger partial charge in [-0.05, 0) is 29.0 Å². The molecule has 0 atom stereocenters. The van der Waals surface area contributed by atoms with Crippen molar-refractivity contribution in [2.45, 2.75) is 39.0 Å². The summed E-state index contributed by atoms with van der Waals surface area (Å²) in [6.45, 7) is 6.62. The van der Waals surface area contributed by atoms with Crippen LogP contribution in [0.15, 0.2) is 4.52 Å². The van der Waals surface area contributed by atoms with Crippen LogP contribution in [-0.4, -0.2) is 5.16 Å². The first-order valence-electron chi connectivity index (χ1n) is 4.30. The van der Waals surface area contributed by atoms with E-state index in [4.69, 9.17) is 4.52 Å². The molecule has 0 N–H and O–H groups in total. The average Bonchev–Trinajstić information content (AvgIpc) is 2.33. The van der Waals surface area contributed by atoms with Gasteiger partial charge in [-0.25, -0.2) is 0 Å². The van der Waals surface area contributed by atoms with Gasteiger partial charge in [0.15, 0.2) is 0 Å². The molecular weight excluding hydrogens is 392 g/mol. The summed E-state index contributed by atoms with van der Waals surface area (Å²) in [5, 5.41) is 4.12. The fourth-order valence-corrected chi connectivity index (χ4v) is 2.70. The van der Waals surface area contributed by atoms with E-state index in [2.05, 4.69) is 71.1 Å². The molecule has 1 aromatic rings. The predicted octanol–water partition coefficient (Wildman–Crippen LogP) is 3.96. The van der Waals surface area contributed by atoms with E-state index < -0.39 is 0 Å². The van der Waals surface area contributed by atoms with E-state index in [9.17, 15) is 0 Å². The molecular formula is C9H13I2NO. The fraction of sp³-hybridized carbons (Fsp3) is 0.667. The van der Waals surface area contributed by atoms with E-state index in [0.717, 1.165) is 19.5 Å². The van der Waals surface area contributed by atoms with Crippen molar-refractivity contribution in [3.8, 4) is 0 Å². The van der Waals surface area contributed by atoms with Crippen LogP contribution >= 0.6 is 45.2 Å². The maximum absolute atomic E-state index is 5.16. The van der Waals surface area contributed by atoms with Crippen LogP contribution in [0, 0.1) is 7.34 Å². The maximum atomic E-state index is 5.16. The summed E-state index contributed by atoms with van der Waals surface area (Å²) < 4.78 is 7.22. The Labute approximate surface area is 106 Å². The van der Waals surface area contributed by atoms with Gasteiger partial charge in [0.1, 0.15) is 5.69 Å². The van der Waals surface area contributed by atoms with E-state index in [-0.39, 0.29) is 5.41 Å². The standard InChI is InChI=1S/C9H13I2NO/c1-4-5-9(2,3)7-6(10)8(11)13-12-7/h4-5H2,1-3H3. The minimum absolute atomic E-state index is 0.137. The van der Waals surface area contributed by atoms with Crippen LogP contribution in [0.5, 0.6) is 0 Å². The van der Waals surface area contributed by atoms with Crippen molar-refractivity contribution >= 4 is 45.2 Å². The van der Waals surface area contributed by atoms with Crippen molar-refractivity contribution in [3.05, 3.63) is 13.0 Å². The normalized spacial score (nSPS) is 12.1. The highest BCUT2D eigenvalue weighted by Crippen LogP contribution is 2.32. The van der Waals surface area contributed by atoms with Crippen LogP contribution in [0.4, 0.5) is 0 Å². The van der Waals surface area contributed by atoms with Gasteiger partial charge in [0, 0.05) is 28.0 Å². The largest absolute Gasteiger partial charge is 0.349 e. The summed E-state index contributed by atoms with van der Waals surface area (Å²) in [5.41, 5.74) is 1.23. The lowest BCUT2D eigenvalue weighted by Gasteiger charge is -2.20. The summed E-state index contributed by atoms with van der Waals surface area (Å²) >= 11 is 4.48. The zero-order valence-electron chi connectivity index (χ0n) is 8.03. The minimum Gasteiger partial charge on any atom is -0.349 e. The van der Waals surface area contributed by atoms with Gasteiger partial charge in [-0.1, -0.05) is 32.3 Å². The third-order valence-electron chi connectivity index (χ3n) is 2.11. The molecule has 0 amide bonds. The topological polar surface area (TPSA) is 26.0 Å². The second kappa shape index (κ2) is 4.46. The lowest BCUT2D eigenvalue weighted by molar-refractivity contribution is 0.361. The lowest BCUT2D eigenvalue weighted by Crippen LogP contribution is -2.18. The molecule has 0 aliphatic heterocycles. The van der Waals surface area contributed by atoms with Crippen LogP contribution in [0.1, 0.15) is 39.3 Å². The molecule has 0 aromatic carbocycles. The van der Waals surface area contributed by atoms with Crippen molar-refractivity contribution in [1.29, 1.82) is 0 Å². The smallest absolute Gasteiger partial charge is 0.209 e. The van der Waals surface area contributed by atoms with Crippen molar-refractivity contribution in [3.63, 3.8) is 0 Å². The zero-order valence-corrected chi connectivity index (χ0v) is 12.3. The molecule has 0 fully saturated rings. The molecule has 0 aliphatic rings. The number of hydrogen-bond acceptors (Lipinski definition) is 2. The SMILES string of the molecule is CCCC(C)(C)c1noc(I)c1I. The Balaban J connectivity index is 2.99. The van der Waals surface area contributed by atoms with Gasteiger partial charge in [0.05, 0.1) is 3.57 Å². The van der Waals surface area contributed by atoms with Crippen LogP contribution in [-0.2, 0) is 5.41 Å². The molecule has 4 heteroatoms. The summed E-state index contributed by atoms with van der Waals surface area (Å²) in [4.78, 5) is 0. The molecule has 0 aliphatic carbocycles. The van der Waals surface area contributed by atoms with E-state index in [1.165, 1.54) is 6.42 Å². The molecule has 0 radical (unpaired) electrons. The Morgan fingerprint density at radius 3 is 2.38 bits per heavy atom. The zero-order chi connectivity index (χ0) is 10.1. The van der Waals surface area contributed by atoms with Crippen molar-refractivity contribution in [2.75, 3.05) is 0 Å². The molecule has 1 rings (SSSR count). The molecule has 2 nitrogen and oxygen atoms in total. The van der Waals surface area contributed by atoms with Crippen LogP contribution in [0.2, 0.25) is 0 Å². The molecule has 74 valence electrons. The first kappa shape index (κ1) is 11.7. The van der Waals surface area contributed by atoms with Gasteiger partial charge >= 0.3 is 0 Å². The highest BCUT2D eigenvalue weighted by atomic mass is 127. The van der Waals surface area contributed by atoms with E-state index in [1.54, 1.807) is 0 Å². The number of nitrogens with zero attached hydrogens (tertiary/aromatic N) is 1. The molecule has 1 aromatic heterocycles. The minimum atomic E-state index is 0.137. The number of aromatic nitrogens is 1. The van der Waals surface area contributed by atoms with Gasteiger partial charge in [0.25, 0.3) is 0 Å². The number of halogens is 2. The van der Waals surface area contributed by atoms with Crippen molar-refractivity contribution in [2.24, 2.45) is 0 Å². The number of hydrogen-bond donors (Lipinski definition) is 0. The summed E-state index contributed by atoms with van der Waals surface area (Å²) in [6.07, 6.45) is 2.32. The Morgan fingerprint density at radius 1 is 1.38 bits per heavy atom. The Morgan fingerprint density at radius 2 is 2.00 bits per heavy atom. The van der Waals surface area contributed by atoms with Gasteiger partial charge in [-0.2, -0.15) is 0 Å². The Hall–Kier alpha value is 0.670. The first-order chi connectivity index (χ1) is 5.99. The number of rotatable bonds is 3. The highest BCUT2D eigenvalue weighted by Gasteiger charge is 2.27. The highest BCUT2D eigenvalue weighted by molar-refractivity contribution is 14.1. The quantitative estimate of drug-likeness (QED) is 0.712. The molecule has 0 saturated carbocycles. The van der Waals surface area contributed by atoms with Crippen LogP contribution < -0.4 is 0 Å². The molecule has 0 unspecified atom stereocenters. The van der Waals surface area contributed by atoms with Gasteiger partial charge < -0.3 is 4.52 Å². The van der Waals surface area contributed by atoms with Gasteiger partial charge in [-0.15, -0.1) is 0 Å². The van der Waals surface area contributed by atoms with E-state index >= 15 is 0 Å². The Bertz CT molecular complexity index is 294. The summed E-state index contributed by atoms with van der Waals surface area (Å²) in [6, 6.07) is 0. The van der Waals surface area contributed by atoms with Crippen LogP contribution in [0.25, 0.3) is 0 Å². The second-order valence-corrected chi connectivity index (χ2v) is 5.81. The summed E-state index contributed by atoms with van der Waals surface area (Å²) in [5.74, 6) is 0. The van der Waals surface area contributed by atoms with Gasteiger partial charge in [-0.3, -0.25) is 0 Å². The van der Waals surface area contributed by atoms with Crippen molar-refractivity contribution in [1.82, 2.24) is 5.16 Å². The second-order valence-electron chi connectivity index (χ2n) is 3.75. The molecule has 0 saturated heterocycles. The monoisotopic (exact) mass is 405 g/mol. The van der Waals surface area contributed by atoms with E-state index in [0.29, 0.717) is 0 Å². The van der Waals surface area contributed by atoms with Crippen LogP contribution in [0.3, 0.4) is 0 Å². The molecule has 0 bridgehead atoms. The lowest BCUT2D eigenvalue weighted by atomic mass is 9.85. The molecule has 1 heterocycles.